The van der Waals surface area contributed by atoms with Crippen molar-refractivity contribution in [1.29, 1.82) is 0 Å². The Hall–Kier alpha value is -1.90. The molecule has 0 bridgehead atoms. The van der Waals surface area contributed by atoms with Crippen LogP contribution >= 0.6 is 0 Å². The number of phenols is 1. The molecule has 0 unspecified atom stereocenters. The number of nitro groups is 1. The van der Waals surface area contributed by atoms with E-state index in [2.05, 4.69) is 10.2 Å². The van der Waals surface area contributed by atoms with Crippen LogP contribution in [0.4, 0.5) is 5.69 Å². The Morgan fingerprint density at radius 2 is 2.04 bits per heavy atom. The fraction of sp³-hybridized carbons (Fsp3) is 0.647. The number of rotatable bonds is 5. The second-order valence-electron chi connectivity index (χ2n) is 6.53. The molecule has 0 radical (unpaired) electrons. The van der Waals surface area contributed by atoms with Crippen molar-refractivity contribution in [3.8, 4) is 11.5 Å². The Morgan fingerprint density at radius 3 is 2.64 bits per heavy atom. The number of benzene rings is 1. The van der Waals surface area contributed by atoms with Gasteiger partial charge in [0, 0.05) is 51.5 Å². The zero-order chi connectivity index (χ0) is 17.8. The van der Waals surface area contributed by atoms with Crippen molar-refractivity contribution in [2.24, 2.45) is 5.92 Å². The van der Waals surface area contributed by atoms with Crippen LogP contribution in [0.15, 0.2) is 12.1 Å². The third-order valence-electron chi connectivity index (χ3n) is 5.09. The first kappa shape index (κ1) is 17.9. The predicted octanol–water partition coefficient (Wildman–Crippen LogP) is 1.68. The quantitative estimate of drug-likeness (QED) is 0.615. The van der Waals surface area contributed by atoms with Crippen molar-refractivity contribution in [3.63, 3.8) is 0 Å². The van der Waals surface area contributed by atoms with Gasteiger partial charge in [-0.15, -0.1) is 0 Å². The van der Waals surface area contributed by atoms with Gasteiger partial charge in [0.15, 0.2) is 5.75 Å². The molecule has 2 saturated heterocycles. The number of hydrogen-bond donors (Lipinski definition) is 2. The molecule has 0 saturated carbocycles. The van der Waals surface area contributed by atoms with E-state index < -0.39 is 10.7 Å². The number of ether oxygens (including phenoxy) is 2. The monoisotopic (exact) mass is 351 g/mol. The van der Waals surface area contributed by atoms with E-state index in [0.29, 0.717) is 19.1 Å². The molecule has 0 aromatic heterocycles. The molecule has 2 aliphatic heterocycles. The molecule has 1 aromatic rings. The summed E-state index contributed by atoms with van der Waals surface area (Å²) in [5, 5.41) is 24.8. The van der Waals surface area contributed by atoms with Gasteiger partial charge in [-0.25, -0.2) is 0 Å². The number of nitrogens with zero attached hydrogens (tertiary/aromatic N) is 2. The molecule has 2 aliphatic rings. The molecule has 0 aliphatic carbocycles. The number of nitrogens with one attached hydrogen (secondary N) is 1. The molecule has 25 heavy (non-hydrogen) atoms. The van der Waals surface area contributed by atoms with Crippen molar-refractivity contribution in [3.05, 3.63) is 27.8 Å². The summed E-state index contributed by atoms with van der Waals surface area (Å²) in [6.07, 6.45) is 1.84. The van der Waals surface area contributed by atoms with Crippen molar-refractivity contribution >= 4 is 5.69 Å². The predicted molar refractivity (Wildman–Crippen MR) is 92.0 cm³/mol. The molecule has 3 rings (SSSR count). The van der Waals surface area contributed by atoms with Gasteiger partial charge < -0.3 is 19.9 Å². The summed E-state index contributed by atoms with van der Waals surface area (Å²) in [7, 11) is 1.41. The number of piperazine rings is 1. The zero-order valence-electron chi connectivity index (χ0n) is 14.4. The fourth-order valence-electron chi connectivity index (χ4n) is 3.85. The highest BCUT2D eigenvalue weighted by Gasteiger charge is 2.33. The summed E-state index contributed by atoms with van der Waals surface area (Å²) in [5.74, 6) is 0.0967. The van der Waals surface area contributed by atoms with Crippen molar-refractivity contribution in [2.75, 3.05) is 46.5 Å². The molecular formula is C17H25N3O5. The minimum absolute atomic E-state index is 0.0548. The van der Waals surface area contributed by atoms with Gasteiger partial charge in [-0.3, -0.25) is 15.0 Å². The van der Waals surface area contributed by atoms with E-state index in [-0.39, 0.29) is 17.5 Å². The van der Waals surface area contributed by atoms with Crippen LogP contribution < -0.4 is 10.1 Å². The molecule has 8 nitrogen and oxygen atoms in total. The lowest BCUT2D eigenvalue weighted by molar-refractivity contribution is -0.386. The van der Waals surface area contributed by atoms with E-state index in [1.54, 1.807) is 6.07 Å². The highest BCUT2D eigenvalue weighted by Crippen LogP contribution is 2.43. The first-order valence-corrected chi connectivity index (χ1v) is 8.69. The minimum Gasteiger partial charge on any atom is -0.500 e. The minimum atomic E-state index is -0.555. The summed E-state index contributed by atoms with van der Waals surface area (Å²) < 4.78 is 10.7. The van der Waals surface area contributed by atoms with Crippen LogP contribution in [0.2, 0.25) is 0 Å². The van der Waals surface area contributed by atoms with Gasteiger partial charge in [0.05, 0.1) is 12.0 Å². The van der Waals surface area contributed by atoms with Gasteiger partial charge in [-0.05, 0) is 30.4 Å². The number of methoxy groups -OCH3 is 1. The van der Waals surface area contributed by atoms with E-state index in [0.717, 1.165) is 44.6 Å². The average Bonchev–Trinajstić information content (AvgIpc) is 2.64. The lowest BCUT2D eigenvalue weighted by Crippen LogP contribution is -2.47. The van der Waals surface area contributed by atoms with E-state index in [1.165, 1.54) is 13.2 Å². The Kier molecular flexibility index (Phi) is 5.72. The summed E-state index contributed by atoms with van der Waals surface area (Å²) in [6.45, 7) is 5.00. The first-order chi connectivity index (χ1) is 12.1. The van der Waals surface area contributed by atoms with Gasteiger partial charge in [-0.1, -0.05) is 0 Å². The van der Waals surface area contributed by atoms with E-state index >= 15 is 0 Å². The summed E-state index contributed by atoms with van der Waals surface area (Å²) >= 11 is 0. The van der Waals surface area contributed by atoms with Gasteiger partial charge in [-0.2, -0.15) is 0 Å². The lowest BCUT2D eigenvalue weighted by atomic mass is 9.85. The topological polar surface area (TPSA) is 97.1 Å². The largest absolute Gasteiger partial charge is 0.500 e. The van der Waals surface area contributed by atoms with Crippen LogP contribution in [0.3, 0.4) is 0 Å². The molecule has 2 fully saturated rings. The molecule has 1 atom stereocenters. The van der Waals surface area contributed by atoms with Crippen molar-refractivity contribution < 1.29 is 19.5 Å². The van der Waals surface area contributed by atoms with Gasteiger partial charge in [0.1, 0.15) is 0 Å². The van der Waals surface area contributed by atoms with Crippen LogP contribution in [-0.4, -0.2) is 61.4 Å². The van der Waals surface area contributed by atoms with Gasteiger partial charge >= 0.3 is 5.69 Å². The highest BCUT2D eigenvalue weighted by molar-refractivity contribution is 5.57. The maximum Gasteiger partial charge on any atom is 0.314 e. The third kappa shape index (κ3) is 3.86. The smallest absolute Gasteiger partial charge is 0.314 e. The maximum atomic E-state index is 11.4. The van der Waals surface area contributed by atoms with Crippen molar-refractivity contribution in [2.45, 2.75) is 18.9 Å². The number of nitro benzene ring substituents is 1. The molecule has 2 heterocycles. The zero-order valence-corrected chi connectivity index (χ0v) is 14.4. The second kappa shape index (κ2) is 7.99. The molecule has 2 N–H and O–H groups in total. The van der Waals surface area contributed by atoms with Crippen molar-refractivity contribution in [1.82, 2.24) is 10.2 Å². The van der Waals surface area contributed by atoms with Gasteiger partial charge in [0.25, 0.3) is 0 Å². The summed E-state index contributed by atoms with van der Waals surface area (Å²) in [4.78, 5) is 13.2. The molecule has 0 amide bonds. The Labute approximate surface area is 146 Å². The number of phenolic OH excluding ortho intramolecular Hbond substituents is 1. The Balaban J connectivity index is 2.01. The molecule has 1 aromatic carbocycles. The summed E-state index contributed by atoms with van der Waals surface area (Å²) in [6, 6.07) is 3.30. The lowest BCUT2D eigenvalue weighted by Gasteiger charge is -2.41. The van der Waals surface area contributed by atoms with Crippen LogP contribution in [0.1, 0.15) is 24.4 Å². The van der Waals surface area contributed by atoms with Crippen LogP contribution in [0, 0.1) is 16.0 Å². The molecular weight excluding hydrogens is 326 g/mol. The Bertz CT molecular complexity index is 595. The SMILES string of the molecule is COc1cc([C@@H](C2CCOCC2)N2CCNCC2)cc([N+](=O)[O-])c1O. The number of hydrogen-bond acceptors (Lipinski definition) is 7. The maximum absolute atomic E-state index is 11.4. The standard InChI is InChI=1S/C17H25N3O5/c1-24-15-11-13(10-14(17(15)21)20(22)23)16(12-2-8-25-9-3-12)19-6-4-18-5-7-19/h10-12,16,18,21H,2-9H2,1H3/t16-/m1/s1. The normalized spacial score (nSPS) is 21.0. The fourth-order valence-corrected chi connectivity index (χ4v) is 3.85. The van der Waals surface area contributed by atoms with Crippen LogP contribution in [0.25, 0.3) is 0 Å². The highest BCUT2D eigenvalue weighted by atomic mass is 16.6. The molecule has 8 heteroatoms. The summed E-state index contributed by atoms with van der Waals surface area (Å²) in [5.41, 5.74) is 0.525. The molecule has 138 valence electrons. The second-order valence-corrected chi connectivity index (χ2v) is 6.53. The van der Waals surface area contributed by atoms with E-state index in [4.69, 9.17) is 9.47 Å². The van der Waals surface area contributed by atoms with Gasteiger partial charge in [0.2, 0.25) is 5.75 Å². The van der Waals surface area contributed by atoms with Crippen LogP contribution in [0.5, 0.6) is 11.5 Å². The van der Waals surface area contributed by atoms with Crippen LogP contribution in [-0.2, 0) is 4.74 Å². The number of aromatic hydroxyl groups is 1. The van der Waals surface area contributed by atoms with E-state index in [1.807, 2.05) is 0 Å². The molecule has 0 spiro atoms. The third-order valence-corrected chi connectivity index (χ3v) is 5.09. The Morgan fingerprint density at radius 1 is 1.36 bits per heavy atom. The van der Waals surface area contributed by atoms with E-state index in [9.17, 15) is 15.2 Å². The average molecular weight is 351 g/mol. The first-order valence-electron chi connectivity index (χ1n) is 8.69.